The Kier molecular flexibility index (Phi) is 11.9. The Morgan fingerprint density at radius 2 is 1.54 bits per heavy atom. The number of carbonyl (C=O) groups is 4. The summed E-state index contributed by atoms with van der Waals surface area (Å²) < 4.78 is 32.3. The van der Waals surface area contributed by atoms with Crippen molar-refractivity contribution in [1.82, 2.24) is 9.55 Å². The van der Waals surface area contributed by atoms with Crippen LogP contribution >= 0.6 is 11.8 Å². The highest BCUT2D eigenvalue weighted by Crippen LogP contribution is 2.31. The van der Waals surface area contributed by atoms with Crippen LogP contribution in [0, 0.1) is 0 Å². The lowest BCUT2D eigenvalue weighted by Crippen LogP contribution is -2.31. The lowest BCUT2D eigenvalue weighted by molar-refractivity contribution is -0.164. The van der Waals surface area contributed by atoms with E-state index < -0.39 is 72.2 Å². The number of esters is 3. The van der Waals surface area contributed by atoms with Crippen LogP contribution in [-0.2, 0) is 47.6 Å². The number of amides is 1. The van der Waals surface area contributed by atoms with Crippen molar-refractivity contribution in [1.29, 1.82) is 0 Å². The van der Waals surface area contributed by atoms with Gasteiger partial charge >= 0.3 is 23.6 Å². The topological polar surface area (TPSA) is 171 Å². The molecule has 15 heteroatoms. The number of anilines is 1. The molecule has 0 spiro atoms. The maximum absolute atomic E-state index is 12.5. The van der Waals surface area contributed by atoms with Crippen molar-refractivity contribution in [2.45, 2.75) is 64.4 Å². The van der Waals surface area contributed by atoms with E-state index in [2.05, 4.69) is 10.3 Å². The first-order valence-corrected chi connectivity index (χ1v) is 13.1. The number of rotatable bonds is 12. The van der Waals surface area contributed by atoms with Crippen LogP contribution in [0.4, 0.5) is 5.82 Å². The zero-order valence-electron chi connectivity index (χ0n) is 22.8. The molecule has 1 amide bonds. The number of nitrogens with one attached hydrogen (secondary N) is 1. The quantitative estimate of drug-likeness (QED) is 0.278. The zero-order valence-corrected chi connectivity index (χ0v) is 23.7. The highest BCUT2D eigenvalue weighted by molar-refractivity contribution is 8.00. The Balaban J connectivity index is 1.72. The number of hydrogen-bond donors (Lipinski definition) is 1. The van der Waals surface area contributed by atoms with Crippen molar-refractivity contribution in [2.24, 2.45) is 0 Å². The average molecular weight is 574 g/mol. The van der Waals surface area contributed by atoms with Gasteiger partial charge in [-0.25, -0.2) is 19.2 Å². The molecule has 2 heterocycles. The van der Waals surface area contributed by atoms with Crippen LogP contribution < -0.4 is 11.0 Å². The molecule has 1 aromatic heterocycles. The second-order valence-electron chi connectivity index (χ2n) is 10.2. The Hall–Kier alpha value is -3.01. The van der Waals surface area contributed by atoms with Crippen LogP contribution in [0.1, 0.15) is 47.8 Å². The lowest BCUT2D eigenvalue weighted by atomic mass is 10.2. The van der Waals surface area contributed by atoms with Gasteiger partial charge in [0, 0.05) is 11.9 Å². The fraction of sp³-hybridized carbons (Fsp3) is 0.667. The molecule has 0 aliphatic carbocycles. The molecule has 1 aliphatic heterocycles. The first kappa shape index (κ1) is 32.2. The third-order valence-corrected chi connectivity index (χ3v) is 5.35. The fourth-order valence-electron chi connectivity index (χ4n) is 2.95. The maximum Gasteiger partial charge on any atom is 0.351 e. The molecule has 1 fully saturated rings. The molecule has 1 N–H and O–H groups in total. The average Bonchev–Trinajstić information content (AvgIpc) is 3.24. The summed E-state index contributed by atoms with van der Waals surface area (Å²) in [5.41, 5.74) is -2.51. The normalized spacial score (nSPS) is 17.4. The first-order chi connectivity index (χ1) is 18.1. The van der Waals surface area contributed by atoms with Gasteiger partial charge in [-0.1, -0.05) is 0 Å². The molecule has 2 unspecified atom stereocenters. The fourth-order valence-corrected chi connectivity index (χ4v) is 3.94. The number of hydrogen-bond acceptors (Lipinski definition) is 13. The van der Waals surface area contributed by atoms with E-state index in [1.165, 1.54) is 28.6 Å². The van der Waals surface area contributed by atoms with Crippen LogP contribution in [0.15, 0.2) is 17.1 Å². The number of carbonyl (C=O) groups excluding carboxylic acids is 4. The van der Waals surface area contributed by atoms with Crippen molar-refractivity contribution < 1.29 is 47.6 Å². The maximum atomic E-state index is 12.5. The minimum atomic E-state index is -0.680. The van der Waals surface area contributed by atoms with Crippen LogP contribution in [-0.4, -0.2) is 88.8 Å². The van der Waals surface area contributed by atoms with E-state index in [0.717, 1.165) is 0 Å². The third kappa shape index (κ3) is 13.1. The molecule has 0 saturated carbocycles. The SMILES string of the molecule is CC(C)(C)OC(=O)COCC(=O)Nc1ccn(C2CSC(COC(=O)COCC(=O)OC(C)(C)C)O2)c(=O)n1. The Labute approximate surface area is 230 Å². The highest BCUT2D eigenvalue weighted by atomic mass is 32.2. The summed E-state index contributed by atoms with van der Waals surface area (Å²) >= 11 is 1.33. The molecule has 0 radical (unpaired) electrons. The van der Waals surface area contributed by atoms with Gasteiger partial charge < -0.3 is 33.7 Å². The molecule has 2 rings (SSSR count). The van der Waals surface area contributed by atoms with Gasteiger partial charge in [0.15, 0.2) is 0 Å². The molecule has 14 nitrogen and oxygen atoms in total. The summed E-state index contributed by atoms with van der Waals surface area (Å²) in [4.78, 5) is 63.3. The predicted molar refractivity (Wildman–Crippen MR) is 138 cm³/mol. The van der Waals surface area contributed by atoms with Crippen LogP contribution in [0.5, 0.6) is 0 Å². The van der Waals surface area contributed by atoms with E-state index in [1.807, 2.05) is 0 Å². The van der Waals surface area contributed by atoms with Gasteiger partial charge in [0.1, 0.15) is 61.7 Å². The molecule has 0 bridgehead atoms. The molecule has 1 aromatic rings. The Morgan fingerprint density at radius 3 is 2.10 bits per heavy atom. The largest absolute Gasteiger partial charge is 0.460 e. The van der Waals surface area contributed by atoms with Gasteiger partial charge in [-0.3, -0.25) is 9.36 Å². The van der Waals surface area contributed by atoms with Crippen LogP contribution in [0.25, 0.3) is 0 Å². The van der Waals surface area contributed by atoms with Crippen molar-refractivity contribution in [3.63, 3.8) is 0 Å². The number of thioether (sulfide) groups is 1. The summed E-state index contributed by atoms with van der Waals surface area (Å²) in [6, 6.07) is 1.41. The van der Waals surface area contributed by atoms with Crippen molar-refractivity contribution in [3.05, 3.63) is 22.7 Å². The van der Waals surface area contributed by atoms with Crippen molar-refractivity contribution in [2.75, 3.05) is 44.1 Å². The predicted octanol–water partition coefficient (Wildman–Crippen LogP) is 1.03. The molecule has 218 valence electrons. The van der Waals surface area contributed by atoms with E-state index in [1.54, 1.807) is 41.5 Å². The first-order valence-electron chi connectivity index (χ1n) is 12.0. The van der Waals surface area contributed by atoms with E-state index >= 15 is 0 Å². The number of aromatic nitrogens is 2. The second kappa shape index (κ2) is 14.4. The molecule has 39 heavy (non-hydrogen) atoms. The van der Waals surface area contributed by atoms with Gasteiger partial charge in [0.05, 0.1) is 0 Å². The van der Waals surface area contributed by atoms with E-state index in [4.69, 9.17) is 28.4 Å². The summed E-state index contributed by atoms with van der Waals surface area (Å²) in [5, 5.41) is 2.41. The minimum Gasteiger partial charge on any atom is -0.460 e. The lowest BCUT2D eigenvalue weighted by Gasteiger charge is -2.19. The molecule has 1 aliphatic rings. The van der Waals surface area contributed by atoms with Gasteiger partial charge in [-0.2, -0.15) is 4.98 Å². The summed E-state index contributed by atoms with van der Waals surface area (Å²) in [6.45, 7) is 8.57. The summed E-state index contributed by atoms with van der Waals surface area (Å²) in [5.74, 6) is -2.09. The number of nitrogens with zero attached hydrogens (tertiary/aromatic N) is 2. The van der Waals surface area contributed by atoms with E-state index in [-0.39, 0.29) is 19.0 Å². The second-order valence-corrected chi connectivity index (χ2v) is 11.4. The van der Waals surface area contributed by atoms with E-state index in [0.29, 0.717) is 5.75 Å². The third-order valence-electron chi connectivity index (χ3n) is 4.25. The monoisotopic (exact) mass is 573 g/mol. The zero-order chi connectivity index (χ0) is 29.2. The molecular weight excluding hydrogens is 538 g/mol. The Bertz CT molecular complexity index is 1080. The highest BCUT2D eigenvalue weighted by Gasteiger charge is 2.29. The van der Waals surface area contributed by atoms with Gasteiger partial charge in [-0.05, 0) is 47.6 Å². The van der Waals surface area contributed by atoms with Gasteiger partial charge in [-0.15, -0.1) is 11.8 Å². The smallest absolute Gasteiger partial charge is 0.351 e. The van der Waals surface area contributed by atoms with Gasteiger partial charge in [0.25, 0.3) is 5.91 Å². The van der Waals surface area contributed by atoms with Crippen LogP contribution in [0.2, 0.25) is 0 Å². The molecular formula is C24H35N3O11S. The molecule has 0 aromatic carbocycles. The molecule has 2 atom stereocenters. The van der Waals surface area contributed by atoms with Gasteiger partial charge in [0.2, 0.25) is 0 Å². The minimum absolute atomic E-state index is 0.00429. The van der Waals surface area contributed by atoms with Crippen LogP contribution in [0.3, 0.4) is 0 Å². The summed E-state index contributed by atoms with van der Waals surface area (Å²) in [6.07, 6.45) is 0.750. The van der Waals surface area contributed by atoms with Crippen molar-refractivity contribution in [3.8, 4) is 0 Å². The van der Waals surface area contributed by atoms with Crippen molar-refractivity contribution >= 4 is 41.4 Å². The molecule has 1 saturated heterocycles. The standard InChI is InChI=1S/C24H35N3O11S/c1-23(2,3)37-19(30)11-33-9-16(28)25-15-7-8-27(22(32)26-15)17-14-39-21(36-17)13-35-18(29)10-34-12-20(31)38-24(4,5)6/h7-8,17,21H,9-14H2,1-6H3,(H,25,26,28,32). The Morgan fingerprint density at radius 1 is 0.974 bits per heavy atom. The van der Waals surface area contributed by atoms with E-state index in [9.17, 15) is 24.0 Å². The number of ether oxygens (including phenoxy) is 6. The summed E-state index contributed by atoms with van der Waals surface area (Å²) in [7, 11) is 0.